The van der Waals surface area contributed by atoms with E-state index < -0.39 is 11.2 Å². The lowest BCUT2D eigenvalue weighted by Crippen LogP contribution is -2.48. The maximum atomic E-state index is 9.67. The van der Waals surface area contributed by atoms with Gasteiger partial charge in [-0.25, -0.2) is 0 Å². The molecule has 0 aliphatic rings. The summed E-state index contributed by atoms with van der Waals surface area (Å²) < 4.78 is 5.66. The number of hydrogen-bond donors (Lipinski definition) is 1. The topological polar surface area (TPSA) is 29.5 Å². The highest BCUT2D eigenvalue weighted by molar-refractivity contribution is 14.1. The number of hydrogen-bond acceptors (Lipinski definition) is 2. The molecule has 0 saturated carbocycles. The van der Waals surface area contributed by atoms with Crippen LogP contribution in [-0.2, 0) is 4.65 Å². The van der Waals surface area contributed by atoms with E-state index in [0.717, 1.165) is 0 Å². The molecule has 4 heteroatoms. The Morgan fingerprint density at radius 1 is 1.27 bits per heavy atom. The number of rotatable bonds is 3. The highest BCUT2D eigenvalue weighted by Gasteiger charge is 2.36. The van der Waals surface area contributed by atoms with E-state index in [1.54, 1.807) is 13.8 Å². The van der Waals surface area contributed by atoms with Crippen LogP contribution in [0.2, 0.25) is 6.82 Å². The summed E-state index contributed by atoms with van der Waals surface area (Å²) in [6.07, 6.45) is 0. The molecule has 0 aromatic rings. The first-order valence-electron chi connectivity index (χ1n) is 3.71. The molecule has 0 heterocycles. The van der Waals surface area contributed by atoms with E-state index in [2.05, 4.69) is 22.4 Å². The Labute approximate surface area is 82.7 Å². The van der Waals surface area contributed by atoms with Gasteiger partial charge in [-0.3, -0.25) is 0 Å². The second-order valence-electron chi connectivity index (χ2n) is 3.73. The van der Waals surface area contributed by atoms with Gasteiger partial charge in [-0.2, -0.15) is 0 Å². The molecule has 0 rings (SSSR count). The van der Waals surface area contributed by atoms with Crippen molar-refractivity contribution in [3.8, 4) is 0 Å². The first-order valence-corrected chi connectivity index (χ1v) is 4.95. The van der Waals surface area contributed by atoms with Gasteiger partial charge in [-0.15, -0.1) is 22.4 Å². The van der Waals surface area contributed by atoms with E-state index in [-0.39, 0.29) is 4.77 Å². The van der Waals surface area contributed by atoms with Gasteiger partial charge in [0.15, 0.2) is 0 Å². The van der Waals surface area contributed by atoms with Crippen molar-refractivity contribution in [1.29, 1.82) is 0 Å². The molecule has 66 valence electrons. The second kappa shape index (κ2) is 3.62. The van der Waals surface area contributed by atoms with Crippen molar-refractivity contribution in [1.82, 2.24) is 0 Å². The van der Waals surface area contributed by atoms with E-state index in [4.69, 9.17) is 4.65 Å². The van der Waals surface area contributed by atoms with Crippen molar-refractivity contribution in [2.75, 3.05) is 0 Å². The van der Waals surface area contributed by atoms with Crippen molar-refractivity contribution < 1.29 is 9.76 Å². The fourth-order valence-electron chi connectivity index (χ4n) is 0.550. The molecule has 0 radical (unpaired) electrons. The zero-order chi connectivity index (χ0) is 9.28. The lowest BCUT2D eigenvalue weighted by molar-refractivity contribution is -0.0903. The summed E-state index contributed by atoms with van der Waals surface area (Å²) in [6, 6.07) is 0. The van der Waals surface area contributed by atoms with Crippen molar-refractivity contribution in [2.45, 2.75) is 45.7 Å². The molecule has 0 spiro atoms. The summed E-state index contributed by atoms with van der Waals surface area (Å²) in [5.74, 6) is 0. The van der Waals surface area contributed by atoms with Crippen LogP contribution in [0.5, 0.6) is 0 Å². The molecule has 2 nitrogen and oxygen atoms in total. The first-order chi connectivity index (χ1) is 4.67. The van der Waals surface area contributed by atoms with Gasteiger partial charge in [0.2, 0.25) is 0 Å². The Balaban J connectivity index is 4.22. The summed E-state index contributed by atoms with van der Waals surface area (Å²) in [5.41, 5.74) is -1.29. The van der Waals surface area contributed by atoms with Crippen molar-refractivity contribution >= 4 is 27.1 Å². The molecule has 0 aliphatic carbocycles. The summed E-state index contributed by atoms with van der Waals surface area (Å²) in [4.78, 5) is 0. The lowest BCUT2D eigenvalue weighted by atomic mass is 9.87. The highest BCUT2D eigenvalue weighted by Crippen LogP contribution is 2.26. The molecular weight excluding hydrogens is 254 g/mol. The van der Waals surface area contributed by atoms with Crippen LogP contribution >= 0.6 is 22.4 Å². The van der Waals surface area contributed by atoms with Crippen LogP contribution in [0, 0.1) is 0 Å². The maximum Gasteiger partial charge on any atom is 0.362 e. The van der Waals surface area contributed by atoms with Gasteiger partial charge in [0.25, 0.3) is 0 Å². The Hall–Kier alpha value is 0.715. The van der Waals surface area contributed by atoms with Crippen LogP contribution in [0.1, 0.15) is 27.7 Å². The van der Waals surface area contributed by atoms with Crippen molar-refractivity contribution in [3.05, 3.63) is 0 Å². The van der Waals surface area contributed by atoms with Gasteiger partial charge in [0.05, 0.1) is 11.2 Å². The quantitative estimate of drug-likeness (QED) is 0.628. The Bertz CT molecular complexity index is 129. The molecule has 1 N–H and O–H groups in total. The van der Waals surface area contributed by atoms with Crippen LogP contribution in [0.25, 0.3) is 0 Å². The maximum absolute atomic E-state index is 9.67. The van der Waals surface area contributed by atoms with Gasteiger partial charge in [-0.05, 0) is 34.5 Å². The molecule has 0 fully saturated rings. The number of aliphatic hydroxyl groups is 1. The van der Waals surface area contributed by atoms with Gasteiger partial charge < -0.3 is 9.76 Å². The fourth-order valence-corrected chi connectivity index (χ4v) is 1.19. The zero-order valence-corrected chi connectivity index (χ0v) is 9.97. The van der Waals surface area contributed by atoms with Crippen molar-refractivity contribution in [3.63, 3.8) is 0 Å². The molecule has 0 atom stereocenters. The molecule has 0 aliphatic heterocycles. The average molecular weight is 270 g/mol. The van der Waals surface area contributed by atoms with Crippen LogP contribution in [0.15, 0.2) is 0 Å². The first kappa shape index (κ1) is 11.7. The van der Waals surface area contributed by atoms with E-state index in [0.29, 0.717) is 0 Å². The van der Waals surface area contributed by atoms with Gasteiger partial charge in [0, 0.05) is 0 Å². The van der Waals surface area contributed by atoms with Crippen LogP contribution in [0.4, 0.5) is 0 Å². The van der Waals surface area contributed by atoms with E-state index >= 15 is 0 Å². The standard InChI is InChI=1S/C7H16BIO2/c1-6(2,10)7(3,4)11-8(5)9/h10H,1-5H3. The fraction of sp³-hybridized carbons (Fsp3) is 1.00. The van der Waals surface area contributed by atoms with E-state index in [1.807, 2.05) is 20.7 Å². The summed E-state index contributed by atoms with van der Waals surface area (Å²) in [6.45, 7) is 9.25. The third-order valence-corrected chi connectivity index (χ3v) is 2.18. The van der Waals surface area contributed by atoms with E-state index in [1.165, 1.54) is 0 Å². The molecule has 0 saturated heterocycles. The lowest BCUT2D eigenvalue weighted by Gasteiger charge is -2.38. The summed E-state index contributed by atoms with van der Waals surface area (Å²) in [7, 11) is 0. The van der Waals surface area contributed by atoms with Crippen LogP contribution in [-0.4, -0.2) is 21.1 Å². The van der Waals surface area contributed by atoms with Gasteiger partial charge in [0.1, 0.15) is 0 Å². The molecular formula is C7H16BIO2. The minimum Gasteiger partial charge on any atom is -0.418 e. The van der Waals surface area contributed by atoms with Crippen LogP contribution < -0.4 is 0 Å². The normalized spacial score (nSPS) is 13.4. The monoisotopic (exact) mass is 270 g/mol. The third-order valence-electron chi connectivity index (χ3n) is 1.93. The Morgan fingerprint density at radius 2 is 1.64 bits per heavy atom. The SMILES string of the molecule is CB(I)OC(C)(C)C(C)(C)O. The minimum absolute atomic E-state index is 0.119. The Morgan fingerprint density at radius 3 is 1.73 bits per heavy atom. The minimum atomic E-state index is -0.799. The van der Waals surface area contributed by atoms with Crippen LogP contribution in [0.3, 0.4) is 0 Å². The second-order valence-corrected chi connectivity index (χ2v) is 5.48. The Kier molecular flexibility index (Phi) is 3.85. The summed E-state index contributed by atoms with van der Waals surface area (Å²) >= 11 is 2.17. The van der Waals surface area contributed by atoms with Crippen molar-refractivity contribution in [2.24, 2.45) is 0 Å². The number of halogens is 1. The predicted molar refractivity (Wildman–Crippen MR) is 57.1 cm³/mol. The van der Waals surface area contributed by atoms with Gasteiger partial charge in [-0.1, -0.05) is 0 Å². The van der Waals surface area contributed by atoms with Gasteiger partial charge >= 0.3 is 4.77 Å². The smallest absolute Gasteiger partial charge is 0.362 e. The zero-order valence-electron chi connectivity index (χ0n) is 7.81. The molecule has 11 heavy (non-hydrogen) atoms. The highest BCUT2D eigenvalue weighted by atomic mass is 127. The molecule has 0 aromatic carbocycles. The predicted octanol–water partition coefficient (Wildman–Crippen LogP) is 2.11. The largest absolute Gasteiger partial charge is 0.418 e. The molecule has 0 amide bonds. The molecule has 0 unspecified atom stereocenters. The third kappa shape index (κ3) is 3.76. The summed E-state index contributed by atoms with van der Waals surface area (Å²) in [5, 5.41) is 9.67. The molecule has 0 aromatic heterocycles. The average Bonchev–Trinajstić information content (AvgIpc) is 1.56. The molecule has 0 bridgehead atoms. The van der Waals surface area contributed by atoms with E-state index in [9.17, 15) is 5.11 Å².